The fourth-order valence-electron chi connectivity index (χ4n) is 6.48. The first kappa shape index (κ1) is 65.8. The summed E-state index contributed by atoms with van der Waals surface area (Å²) in [4.78, 5) is 183. The first-order chi connectivity index (χ1) is 35.8. The number of benzene rings is 1. The topological polar surface area (TPSA) is 599 Å². The van der Waals surface area contributed by atoms with Crippen molar-refractivity contribution in [3.63, 3.8) is 0 Å². The number of nitrogens with zero attached hydrogens (tertiary/aromatic N) is 1. The number of aromatic hydroxyl groups is 1. The van der Waals surface area contributed by atoms with Crippen LogP contribution in [0.1, 0.15) is 64.4 Å². The number of nitrogens with one attached hydrogen (secondary N) is 8. The Bertz CT molecular complexity index is 2380. The van der Waals surface area contributed by atoms with Crippen molar-refractivity contribution in [3.05, 3.63) is 29.8 Å². The summed E-state index contributed by atoms with van der Waals surface area (Å²) < 4.78 is 0. The summed E-state index contributed by atoms with van der Waals surface area (Å²) >= 11 is 0. The van der Waals surface area contributed by atoms with E-state index in [0.29, 0.717) is 5.56 Å². The zero-order valence-corrected chi connectivity index (χ0v) is 41.4. The number of phenols is 1. The first-order valence-corrected chi connectivity index (χ1v) is 22.9. The number of rotatable bonds is 35. The molecular formula is C43H64N14O20. The van der Waals surface area contributed by atoms with Gasteiger partial charge in [-0.3, -0.25) is 67.3 Å². The summed E-state index contributed by atoms with van der Waals surface area (Å²) in [7, 11) is 0. The van der Waals surface area contributed by atoms with Crippen LogP contribution in [-0.2, 0) is 73.5 Å². The van der Waals surface area contributed by atoms with Crippen molar-refractivity contribution in [1.82, 2.24) is 42.5 Å². The number of carbonyl (C=O) groups is 14. The summed E-state index contributed by atoms with van der Waals surface area (Å²) in [5, 5.41) is 74.4. The highest BCUT2D eigenvalue weighted by Gasteiger charge is 2.37. The van der Waals surface area contributed by atoms with Crippen molar-refractivity contribution < 1.29 is 97.8 Å². The quantitative estimate of drug-likeness (QED) is 0.0170. The zero-order valence-electron chi connectivity index (χ0n) is 41.4. The van der Waals surface area contributed by atoms with Gasteiger partial charge in [-0.1, -0.05) is 26.0 Å². The van der Waals surface area contributed by atoms with Gasteiger partial charge in [-0.25, -0.2) is 4.79 Å². The predicted octanol–water partition coefficient (Wildman–Crippen LogP) is -8.90. The molecule has 9 atom stereocenters. The van der Waals surface area contributed by atoms with Gasteiger partial charge in [0, 0.05) is 13.0 Å². The average Bonchev–Trinajstić information content (AvgIpc) is 3.31. The number of hydrogen-bond acceptors (Lipinski definition) is 18. The van der Waals surface area contributed by atoms with E-state index in [-0.39, 0.29) is 25.1 Å². The van der Waals surface area contributed by atoms with Gasteiger partial charge in [-0.15, -0.1) is 0 Å². The van der Waals surface area contributed by atoms with Gasteiger partial charge >= 0.3 is 23.9 Å². The van der Waals surface area contributed by atoms with Crippen molar-refractivity contribution >= 4 is 88.9 Å². The predicted molar refractivity (Wildman–Crippen MR) is 259 cm³/mol. The van der Waals surface area contributed by atoms with Crippen LogP contribution in [0, 0.1) is 5.92 Å². The van der Waals surface area contributed by atoms with E-state index >= 15 is 0 Å². The van der Waals surface area contributed by atoms with E-state index in [2.05, 4.69) is 20.9 Å². The lowest BCUT2D eigenvalue weighted by molar-refractivity contribution is -0.144. The summed E-state index contributed by atoms with van der Waals surface area (Å²) in [5.41, 5.74) is 27.3. The molecule has 34 nitrogen and oxygen atoms in total. The Hall–Kier alpha value is -9.21. The molecule has 0 unspecified atom stereocenters. The lowest BCUT2D eigenvalue weighted by atomic mass is 10.0. The molecule has 426 valence electrons. The Morgan fingerprint density at radius 1 is 0.481 bits per heavy atom. The van der Waals surface area contributed by atoms with Gasteiger partial charge in [0.15, 0.2) is 5.96 Å². The second-order valence-corrected chi connectivity index (χ2v) is 17.2. The van der Waals surface area contributed by atoms with Crippen LogP contribution in [0.4, 0.5) is 0 Å². The van der Waals surface area contributed by atoms with Crippen LogP contribution in [-0.4, -0.2) is 187 Å². The third-order valence-electron chi connectivity index (χ3n) is 10.5. The Kier molecular flexibility index (Phi) is 27.5. The fraction of sp³-hybridized carbons (Fsp3) is 0.512. The highest BCUT2D eigenvalue weighted by atomic mass is 16.4. The molecule has 77 heavy (non-hydrogen) atoms. The molecular weight excluding hydrogens is 1030 g/mol. The zero-order chi connectivity index (χ0) is 58.9. The summed E-state index contributed by atoms with van der Waals surface area (Å²) in [6, 6.07) is -12.1. The minimum absolute atomic E-state index is 0.147. The molecule has 0 radical (unpaired) electrons. The number of aliphatic hydroxyl groups is 1. The summed E-state index contributed by atoms with van der Waals surface area (Å²) in [6.45, 7) is 1.66. The Morgan fingerprint density at radius 3 is 1.14 bits per heavy atom. The number of aliphatic imine (C=N–C) groups is 1. The summed E-state index contributed by atoms with van der Waals surface area (Å²) in [6.07, 6.45) is -6.85. The largest absolute Gasteiger partial charge is 0.508 e. The van der Waals surface area contributed by atoms with Crippen LogP contribution in [0.2, 0.25) is 0 Å². The maximum absolute atomic E-state index is 13.8. The number of nitrogens with two attached hydrogens (primary N) is 5. The maximum Gasteiger partial charge on any atom is 0.326 e. The summed E-state index contributed by atoms with van der Waals surface area (Å²) in [5.74, 6) is -21.3. The smallest absolute Gasteiger partial charge is 0.326 e. The van der Waals surface area contributed by atoms with E-state index in [9.17, 15) is 97.8 Å². The second kappa shape index (κ2) is 32.2. The molecule has 0 fully saturated rings. The molecule has 1 aromatic rings. The van der Waals surface area contributed by atoms with E-state index in [0.717, 1.165) is 0 Å². The lowest BCUT2D eigenvalue weighted by Gasteiger charge is -2.27. The monoisotopic (exact) mass is 1100 g/mol. The standard InChI is InChI=1S/C43H64N14O20/c1-17(2)33(46)41(75)55-22(12-29(45)61)36(70)51-21(11-28(44)60)35(69)53-24(14-31(64)65)38(72)54-23(13-30(62)63)37(71)50-20(4-3-9-49-43(47)48)34(68)52-25(15-32(66)67)39(73)57-27(16-58)40(74)56-26(42(76)77)10-18-5-7-19(59)8-6-18/h5-8,17,20-27,33,58-59H,3-4,9-16,46H2,1-2H3,(H2,44,60)(H2,45,61)(H,50,71)(H,51,70)(H,52,68)(H,53,69)(H,54,72)(H,55,75)(H,56,74)(H,57,73)(H,62,63)(H,64,65)(H,66,67)(H,76,77)(H4,47,48,49)/t20-,21-,22-,23-,24-,25-,26-,27-,33-/m0/s1. The molecule has 0 aliphatic carbocycles. The van der Waals surface area contributed by atoms with E-state index in [1.54, 1.807) is 13.8 Å². The molecule has 0 heterocycles. The number of aliphatic hydroxyl groups excluding tert-OH is 1. The van der Waals surface area contributed by atoms with Crippen molar-refractivity contribution in [3.8, 4) is 5.75 Å². The number of carboxylic acids is 4. The van der Waals surface area contributed by atoms with E-state index in [4.69, 9.17) is 28.7 Å². The van der Waals surface area contributed by atoms with Crippen molar-refractivity contribution in [1.29, 1.82) is 0 Å². The minimum atomic E-state index is -2.27. The van der Waals surface area contributed by atoms with Gasteiger partial charge in [0.2, 0.25) is 59.1 Å². The van der Waals surface area contributed by atoms with Crippen molar-refractivity contribution in [2.75, 3.05) is 13.2 Å². The lowest BCUT2D eigenvalue weighted by Crippen LogP contribution is -2.61. The highest BCUT2D eigenvalue weighted by Crippen LogP contribution is 2.12. The van der Waals surface area contributed by atoms with Gasteiger partial charge in [-0.05, 0) is 36.5 Å². The Balaban J connectivity index is 3.51. The average molecular weight is 1100 g/mol. The van der Waals surface area contributed by atoms with E-state index in [1.807, 2.05) is 26.6 Å². The minimum Gasteiger partial charge on any atom is -0.508 e. The van der Waals surface area contributed by atoms with Crippen LogP contribution >= 0.6 is 0 Å². The highest BCUT2D eigenvalue weighted by molar-refractivity contribution is 6.01. The first-order valence-electron chi connectivity index (χ1n) is 22.9. The number of hydrogen-bond donors (Lipinski definition) is 19. The molecule has 0 aliphatic rings. The van der Waals surface area contributed by atoms with Crippen LogP contribution in [0.25, 0.3) is 0 Å². The number of carboxylic acid groups (broad SMARTS) is 4. The molecule has 24 N–H and O–H groups in total. The molecule has 0 saturated heterocycles. The molecule has 0 saturated carbocycles. The third-order valence-corrected chi connectivity index (χ3v) is 10.5. The molecule has 10 amide bonds. The number of carbonyl (C=O) groups excluding carboxylic acids is 10. The molecule has 34 heteroatoms. The third kappa shape index (κ3) is 25.1. The number of guanidine groups is 1. The number of amides is 10. The Morgan fingerprint density at radius 2 is 0.805 bits per heavy atom. The molecule has 1 aromatic carbocycles. The molecule has 0 bridgehead atoms. The van der Waals surface area contributed by atoms with Gasteiger partial charge in [0.1, 0.15) is 54.1 Å². The van der Waals surface area contributed by atoms with Gasteiger partial charge in [0.05, 0.1) is 44.8 Å². The van der Waals surface area contributed by atoms with Gasteiger partial charge in [-0.2, -0.15) is 0 Å². The molecule has 0 spiro atoms. The number of aliphatic carboxylic acids is 4. The van der Waals surface area contributed by atoms with Crippen LogP contribution in [0.15, 0.2) is 29.3 Å². The SMILES string of the molecule is CC(C)[C@H](N)C(=O)N[C@@H](CC(N)=O)C(=O)N[C@@H](CC(N)=O)C(=O)N[C@@H](CC(=O)O)C(=O)N[C@@H](CC(=O)O)C(=O)N[C@@H](CCCN=C(N)N)C(=O)N[C@@H](CC(=O)O)C(=O)N[C@@H](CO)C(=O)N[C@@H](Cc1ccc(O)cc1)C(=O)O. The number of phenolic OH excluding ortho intramolecular Hbond substituents is 1. The van der Waals surface area contributed by atoms with Gasteiger partial charge in [0.25, 0.3) is 0 Å². The van der Waals surface area contributed by atoms with E-state index < -0.39 is 194 Å². The fourth-order valence-corrected chi connectivity index (χ4v) is 6.48. The van der Waals surface area contributed by atoms with Crippen molar-refractivity contribution in [2.24, 2.45) is 39.6 Å². The van der Waals surface area contributed by atoms with E-state index in [1.165, 1.54) is 24.3 Å². The Labute approximate surface area is 436 Å². The van der Waals surface area contributed by atoms with Crippen LogP contribution in [0.5, 0.6) is 5.75 Å². The molecule has 0 aromatic heterocycles. The van der Waals surface area contributed by atoms with Crippen LogP contribution in [0.3, 0.4) is 0 Å². The number of primary amides is 2. The second-order valence-electron chi connectivity index (χ2n) is 17.2. The molecule has 0 aliphatic heterocycles. The van der Waals surface area contributed by atoms with Crippen LogP contribution < -0.4 is 71.2 Å². The van der Waals surface area contributed by atoms with Crippen molar-refractivity contribution in [2.45, 2.75) is 120 Å². The molecule has 1 rings (SSSR count). The van der Waals surface area contributed by atoms with Gasteiger partial charge < -0.3 is 102 Å². The normalized spacial score (nSPS) is 14.3. The maximum atomic E-state index is 13.8.